The molecule has 1 saturated carbocycles. The van der Waals surface area contributed by atoms with E-state index >= 15 is 0 Å². The van der Waals surface area contributed by atoms with E-state index < -0.39 is 0 Å². The highest BCUT2D eigenvalue weighted by molar-refractivity contribution is 5.94. The quantitative estimate of drug-likeness (QED) is 0.775. The number of carbonyl (C=O) groups is 1. The number of nitrogens with zero attached hydrogens (tertiary/aromatic N) is 3. The molecule has 0 saturated heterocycles. The minimum Gasteiger partial charge on any atom is -0.362 e. The monoisotopic (exact) mass is 399 g/mol. The van der Waals surface area contributed by atoms with Crippen molar-refractivity contribution in [3.63, 3.8) is 0 Å². The SMILES string of the molecule is Cc1cc(C(=O)NC2CCC(CNc3ncc(C)c(N(C)C)n3)CC2)ccc1F. The van der Waals surface area contributed by atoms with Crippen molar-refractivity contribution in [2.75, 3.05) is 30.9 Å². The van der Waals surface area contributed by atoms with Crippen LogP contribution in [0.3, 0.4) is 0 Å². The number of hydrogen-bond acceptors (Lipinski definition) is 5. The first-order valence-electron chi connectivity index (χ1n) is 10.2. The number of aromatic nitrogens is 2. The average Bonchev–Trinajstić information content (AvgIpc) is 2.70. The molecule has 0 bridgehead atoms. The summed E-state index contributed by atoms with van der Waals surface area (Å²) in [7, 11) is 3.95. The number of rotatable bonds is 6. The molecule has 1 aliphatic rings. The molecule has 6 nitrogen and oxygen atoms in total. The van der Waals surface area contributed by atoms with Crippen LogP contribution in [0, 0.1) is 25.6 Å². The van der Waals surface area contributed by atoms with E-state index in [1.807, 2.05) is 32.1 Å². The fourth-order valence-corrected chi connectivity index (χ4v) is 3.77. The Kier molecular flexibility index (Phi) is 6.67. The first-order chi connectivity index (χ1) is 13.8. The fourth-order valence-electron chi connectivity index (χ4n) is 3.77. The van der Waals surface area contributed by atoms with Crippen LogP contribution in [0.1, 0.15) is 47.2 Å². The van der Waals surface area contributed by atoms with Gasteiger partial charge < -0.3 is 15.5 Å². The van der Waals surface area contributed by atoms with Crippen molar-refractivity contribution in [2.45, 2.75) is 45.6 Å². The maximum atomic E-state index is 13.4. The summed E-state index contributed by atoms with van der Waals surface area (Å²) >= 11 is 0. The lowest BCUT2D eigenvalue weighted by atomic mass is 9.86. The molecule has 7 heteroatoms. The summed E-state index contributed by atoms with van der Waals surface area (Å²) in [5.41, 5.74) is 2.05. The van der Waals surface area contributed by atoms with Gasteiger partial charge in [0.05, 0.1) is 0 Å². The van der Waals surface area contributed by atoms with Crippen molar-refractivity contribution in [1.29, 1.82) is 0 Å². The second-order valence-electron chi connectivity index (χ2n) is 8.13. The van der Waals surface area contributed by atoms with Crippen molar-refractivity contribution in [3.05, 3.63) is 46.9 Å². The third kappa shape index (κ3) is 5.43. The van der Waals surface area contributed by atoms with Gasteiger partial charge in [0.2, 0.25) is 5.95 Å². The Morgan fingerprint density at radius 1 is 1.17 bits per heavy atom. The summed E-state index contributed by atoms with van der Waals surface area (Å²) in [6, 6.07) is 4.66. The summed E-state index contributed by atoms with van der Waals surface area (Å²) in [6.07, 6.45) is 5.79. The van der Waals surface area contributed by atoms with E-state index in [1.54, 1.807) is 13.0 Å². The topological polar surface area (TPSA) is 70.2 Å². The smallest absolute Gasteiger partial charge is 0.251 e. The van der Waals surface area contributed by atoms with Crippen LogP contribution in [0.25, 0.3) is 0 Å². The van der Waals surface area contributed by atoms with Crippen LogP contribution in [0.2, 0.25) is 0 Å². The lowest BCUT2D eigenvalue weighted by Gasteiger charge is -2.29. The van der Waals surface area contributed by atoms with Gasteiger partial charge in [-0.25, -0.2) is 9.37 Å². The molecule has 29 heavy (non-hydrogen) atoms. The van der Waals surface area contributed by atoms with Gasteiger partial charge in [-0.15, -0.1) is 0 Å². The fraction of sp³-hybridized carbons (Fsp3) is 0.500. The largest absolute Gasteiger partial charge is 0.362 e. The lowest BCUT2D eigenvalue weighted by molar-refractivity contribution is 0.0922. The number of amides is 1. The summed E-state index contributed by atoms with van der Waals surface area (Å²) in [5, 5.41) is 6.45. The molecule has 156 valence electrons. The van der Waals surface area contributed by atoms with Crippen LogP contribution < -0.4 is 15.5 Å². The molecule has 0 unspecified atom stereocenters. The summed E-state index contributed by atoms with van der Waals surface area (Å²) < 4.78 is 13.4. The van der Waals surface area contributed by atoms with Gasteiger partial charge in [-0.05, 0) is 69.2 Å². The number of carbonyl (C=O) groups excluding carboxylic acids is 1. The molecule has 3 rings (SSSR count). The molecule has 0 aliphatic heterocycles. The van der Waals surface area contributed by atoms with E-state index in [0.29, 0.717) is 23.0 Å². The minimum absolute atomic E-state index is 0.126. The van der Waals surface area contributed by atoms with Crippen LogP contribution >= 0.6 is 0 Å². The van der Waals surface area contributed by atoms with Crippen molar-refractivity contribution in [3.8, 4) is 0 Å². The predicted octanol–water partition coefficient (Wildman–Crippen LogP) is 3.70. The van der Waals surface area contributed by atoms with Crippen LogP contribution in [0.5, 0.6) is 0 Å². The number of nitrogens with one attached hydrogen (secondary N) is 2. The Morgan fingerprint density at radius 3 is 2.55 bits per heavy atom. The summed E-state index contributed by atoms with van der Waals surface area (Å²) in [6.45, 7) is 4.50. The third-order valence-corrected chi connectivity index (χ3v) is 5.52. The molecule has 1 fully saturated rings. The van der Waals surface area contributed by atoms with Crippen LogP contribution in [-0.2, 0) is 0 Å². The van der Waals surface area contributed by atoms with Crippen LogP contribution in [0.15, 0.2) is 24.4 Å². The Labute approximate surface area is 171 Å². The normalized spacial score (nSPS) is 18.9. The highest BCUT2D eigenvalue weighted by Gasteiger charge is 2.23. The highest BCUT2D eigenvalue weighted by atomic mass is 19.1. The molecule has 0 radical (unpaired) electrons. The third-order valence-electron chi connectivity index (χ3n) is 5.52. The molecule has 0 atom stereocenters. The van der Waals surface area contributed by atoms with E-state index in [4.69, 9.17) is 0 Å². The van der Waals surface area contributed by atoms with Gasteiger partial charge in [0.15, 0.2) is 0 Å². The van der Waals surface area contributed by atoms with Gasteiger partial charge in [-0.3, -0.25) is 4.79 Å². The van der Waals surface area contributed by atoms with E-state index in [1.165, 1.54) is 12.1 Å². The van der Waals surface area contributed by atoms with Crippen molar-refractivity contribution >= 4 is 17.7 Å². The van der Waals surface area contributed by atoms with Crippen LogP contribution in [0.4, 0.5) is 16.2 Å². The summed E-state index contributed by atoms with van der Waals surface area (Å²) in [5.74, 6) is 1.69. The maximum Gasteiger partial charge on any atom is 0.251 e. The van der Waals surface area contributed by atoms with Crippen molar-refractivity contribution < 1.29 is 9.18 Å². The molecule has 1 aromatic heterocycles. The molecule has 1 aliphatic carbocycles. The van der Waals surface area contributed by atoms with Crippen molar-refractivity contribution in [1.82, 2.24) is 15.3 Å². The second kappa shape index (κ2) is 9.20. The standard InChI is InChI=1S/C22H30FN5O/c1-14-11-17(7-10-19(14)23)21(29)26-18-8-5-16(6-9-18)13-25-22-24-12-15(2)20(27-22)28(3)4/h7,10-12,16,18H,5-6,8-9,13H2,1-4H3,(H,26,29)(H,24,25,27). The van der Waals surface area contributed by atoms with E-state index in [-0.39, 0.29) is 17.8 Å². The summed E-state index contributed by atoms with van der Waals surface area (Å²) in [4.78, 5) is 23.4. The Bertz CT molecular complexity index is 862. The van der Waals surface area contributed by atoms with E-state index in [0.717, 1.165) is 43.6 Å². The van der Waals surface area contributed by atoms with Gasteiger partial charge in [-0.2, -0.15) is 4.98 Å². The molecule has 2 N–H and O–H groups in total. The van der Waals surface area contributed by atoms with Gasteiger partial charge in [0.1, 0.15) is 11.6 Å². The molecule has 1 heterocycles. The number of hydrogen-bond donors (Lipinski definition) is 2. The minimum atomic E-state index is -0.287. The molecule has 1 aromatic carbocycles. The van der Waals surface area contributed by atoms with Gasteiger partial charge >= 0.3 is 0 Å². The number of aryl methyl sites for hydroxylation is 2. The number of benzene rings is 1. The van der Waals surface area contributed by atoms with E-state index in [2.05, 4.69) is 20.6 Å². The second-order valence-corrected chi connectivity index (χ2v) is 8.13. The first-order valence-corrected chi connectivity index (χ1v) is 10.2. The zero-order valence-corrected chi connectivity index (χ0v) is 17.6. The molecular formula is C22H30FN5O. The predicted molar refractivity (Wildman–Crippen MR) is 114 cm³/mol. The highest BCUT2D eigenvalue weighted by Crippen LogP contribution is 2.25. The van der Waals surface area contributed by atoms with Gasteiger partial charge in [0.25, 0.3) is 5.91 Å². The Morgan fingerprint density at radius 2 is 1.90 bits per heavy atom. The van der Waals surface area contributed by atoms with E-state index in [9.17, 15) is 9.18 Å². The number of halogens is 1. The maximum absolute atomic E-state index is 13.4. The first kappa shape index (κ1) is 21.0. The Hall–Kier alpha value is -2.70. The lowest BCUT2D eigenvalue weighted by Crippen LogP contribution is -2.38. The van der Waals surface area contributed by atoms with Gasteiger partial charge in [0, 0.05) is 44.0 Å². The Balaban J connectivity index is 1.46. The average molecular weight is 400 g/mol. The zero-order valence-electron chi connectivity index (χ0n) is 17.6. The number of anilines is 2. The van der Waals surface area contributed by atoms with Gasteiger partial charge in [-0.1, -0.05) is 0 Å². The van der Waals surface area contributed by atoms with Crippen molar-refractivity contribution in [2.24, 2.45) is 5.92 Å². The zero-order chi connectivity index (χ0) is 21.0. The molecule has 2 aromatic rings. The molecule has 0 spiro atoms. The van der Waals surface area contributed by atoms with Crippen LogP contribution in [-0.4, -0.2) is 42.6 Å². The molecule has 1 amide bonds. The molecular weight excluding hydrogens is 369 g/mol.